The van der Waals surface area contributed by atoms with Crippen LogP contribution in [0.4, 0.5) is 0 Å². The van der Waals surface area contributed by atoms with Crippen LogP contribution in [0.15, 0.2) is 18.2 Å². The number of methoxy groups -OCH3 is 2. The van der Waals surface area contributed by atoms with Crippen molar-refractivity contribution in [2.45, 2.75) is 18.9 Å². The fraction of sp³-hybridized carbons (Fsp3) is 0.500. The first-order valence-corrected chi connectivity index (χ1v) is 6.07. The molecule has 0 saturated heterocycles. The van der Waals surface area contributed by atoms with Gasteiger partial charge in [-0.25, -0.2) is 0 Å². The van der Waals surface area contributed by atoms with Crippen LogP contribution in [0.1, 0.15) is 12.0 Å². The lowest BCUT2D eigenvalue weighted by atomic mass is 10.0. The molecule has 0 saturated carbocycles. The second kappa shape index (κ2) is 6.99. The summed E-state index contributed by atoms with van der Waals surface area (Å²) in [6.07, 6.45) is 0.688. The molecule has 1 rings (SSSR count). The van der Waals surface area contributed by atoms with Crippen LogP contribution in [-0.4, -0.2) is 50.3 Å². The molecule has 0 aliphatic rings. The van der Waals surface area contributed by atoms with Gasteiger partial charge in [-0.1, -0.05) is 0 Å². The fourth-order valence-corrected chi connectivity index (χ4v) is 1.93. The number of nitrogens with zero attached hydrogens (tertiary/aromatic N) is 1. The highest BCUT2D eigenvalue weighted by Crippen LogP contribution is 2.26. The Labute approximate surface area is 113 Å². The van der Waals surface area contributed by atoms with Crippen molar-refractivity contribution in [3.63, 3.8) is 0 Å². The summed E-state index contributed by atoms with van der Waals surface area (Å²) in [5, 5.41) is 8.96. The zero-order chi connectivity index (χ0) is 14.4. The smallest absolute Gasteiger partial charge is 0.304 e. The third-order valence-corrected chi connectivity index (χ3v) is 3.08. The Hall–Kier alpha value is -1.75. The number of carbonyl (C=O) groups is 1. The molecule has 106 valence electrons. The summed E-state index contributed by atoms with van der Waals surface area (Å²) in [6, 6.07) is 5.46. The highest BCUT2D eigenvalue weighted by molar-refractivity contribution is 5.67. The summed E-state index contributed by atoms with van der Waals surface area (Å²) in [7, 11) is 6.96. The van der Waals surface area contributed by atoms with E-state index >= 15 is 0 Å². The molecule has 1 unspecified atom stereocenters. The summed E-state index contributed by atoms with van der Waals surface area (Å²) >= 11 is 0. The van der Waals surface area contributed by atoms with Crippen LogP contribution < -0.4 is 9.47 Å². The molecule has 0 aliphatic carbocycles. The van der Waals surface area contributed by atoms with Crippen LogP contribution >= 0.6 is 0 Å². The molecular formula is C14H21NO4. The number of ether oxygens (including phenoxy) is 2. The molecule has 0 amide bonds. The zero-order valence-electron chi connectivity index (χ0n) is 11.8. The molecule has 0 spiro atoms. The van der Waals surface area contributed by atoms with Crippen LogP contribution in [0, 0.1) is 0 Å². The van der Waals surface area contributed by atoms with Crippen molar-refractivity contribution in [3.05, 3.63) is 23.8 Å². The average molecular weight is 267 g/mol. The molecule has 19 heavy (non-hydrogen) atoms. The molecular weight excluding hydrogens is 246 g/mol. The lowest BCUT2D eigenvalue weighted by molar-refractivity contribution is -0.138. The maximum absolute atomic E-state index is 10.9. The number of hydrogen-bond donors (Lipinski definition) is 1. The molecule has 0 heterocycles. The SMILES string of the molecule is COc1ccc(OC)c(CC(CC(=O)O)N(C)C)c1. The van der Waals surface area contributed by atoms with E-state index in [1.54, 1.807) is 14.2 Å². The van der Waals surface area contributed by atoms with E-state index in [1.807, 2.05) is 37.2 Å². The van der Waals surface area contributed by atoms with E-state index < -0.39 is 5.97 Å². The van der Waals surface area contributed by atoms with E-state index in [0.29, 0.717) is 6.42 Å². The number of aliphatic carboxylic acids is 1. The van der Waals surface area contributed by atoms with Crippen LogP contribution in [0.25, 0.3) is 0 Å². The Kier molecular flexibility index (Phi) is 5.63. The minimum Gasteiger partial charge on any atom is -0.497 e. The second-order valence-corrected chi connectivity index (χ2v) is 4.60. The van der Waals surface area contributed by atoms with Gasteiger partial charge in [0.2, 0.25) is 0 Å². The van der Waals surface area contributed by atoms with Crippen LogP contribution in [-0.2, 0) is 11.2 Å². The van der Waals surface area contributed by atoms with Crippen molar-refractivity contribution < 1.29 is 19.4 Å². The molecule has 0 bridgehead atoms. The summed E-state index contributed by atoms with van der Waals surface area (Å²) in [4.78, 5) is 12.8. The molecule has 5 nitrogen and oxygen atoms in total. The lowest BCUT2D eigenvalue weighted by Gasteiger charge is -2.23. The monoisotopic (exact) mass is 267 g/mol. The van der Waals surface area contributed by atoms with Crippen molar-refractivity contribution in [2.75, 3.05) is 28.3 Å². The molecule has 1 aromatic carbocycles. The largest absolute Gasteiger partial charge is 0.497 e. The zero-order valence-corrected chi connectivity index (χ0v) is 11.8. The Balaban J connectivity index is 2.96. The Morgan fingerprint density at radius 2 is 2.00 bits per heavy atom. The van der Waals surface area contributed by atoms with E-state index in [2.05, 4.69) is 0 Å². The highest BCUT2D eigenvalue weighted by atomic mass is 16.5. The van der Waals surface area contributed by atoms with Crippen LogP contribution in [0.5, 0.6) is 11.5 Å². The topological polar surface area (TPSA) is 59.0 Å². The molecule has 0 aromatic heterocycles. The standard InChI is InChI=1S/C14H21NO4/c1-15(2)11(9-14(16)17)7-10-8-12(18-3)5-6-13(10)19-4/h5-6,8,11H,7,9H2,1-4H3,(H,16,17). The van der Waals surface area contributed by atoms with Gasteiger partial charge < -0.3 is 19.5 Å². The summed E-state index contributed by atoms with van der Waals surface area (Å²) in [5.41, 5.74) is 0.946. The fourth-order valence-electron chi connectivity index (χ4n) is 1.93. The third kappa shape index (κ3) is 4.44. The number of carboxylic acids is 1. The summed E-state index contributed by atoms with van der Waals surface area (Å²) < 4.78 is 10.5. The van der Waals surface area contributed by atoms with Crippen LogP contribution in [0.3, 0.4) is 0 Å². The second-order valence-electron chi connectivity index (χ2n) is 4.60. The van der Waals surface area contributed by atoms with Gasteiger partial charge in [-0.2, -0.15) is 0 Å². The van der Waals surface area contributed by atoms with E-state index in [9.17, 15) is 4.79 Å². The number of likely N-dealkylation sites (N-methyl/N-ethyl adjacent to an activating group) is 1. The van der Waals surface area contributed by atoms with E-state index in [0.717, 1.165) is 17.1 Å². The highest BCUT2D eigenvalue weighted by Gasteiger charge is 2.18. The first-order valence-electron chi connectivity index (χ1n) is 6.07. The van der Waals surface area contributed by atoms with Gasteiger partial charge in [-0.15, -0.1) is 0 Å². The van der Waals surface area contributed by atoms with Crippen molar-refractivity contribution in [1.82, 2.24) is 4.90 Å². The van der Waals surface area contributed by atoms with E-state index in [-0.39, 0.29) is 12.5 Å². The molecule has 0 fully saturated rings. The van der Waals surface area contributed by atoms with E-state index in [4.69, 9.17) is 14.6 Å². The third-order valence-electron chi connectivity index (χ3n) is 3.08. The van der Waals surface area contributed by atoms with Gasteiger partial charge in [0.1, 0.15) is 11.5 Å². The van der Waals surface area contributed by atoms with Crippen molar-refractivity contribution in [1.29, 1.82) is 0 Å². The molecule has 0 aliphatic heterocycles. The predicted octanol–water partition coefficient (Wildman–Crippen LogP) is 1.65. The van der Waals surface area contributed by atoms with Gasteiger partial charge >= 0.3 is 5.97 Å². The van der Waals surface area contributed by atoms with Gasteiger partial charge in [0.05, 0.1) is 20.6 Å². The minimum atomic E-state index is -0.805. The minimum absolute atomic E-state index is 0.0847. The number of rotatable bonds is 7. The number of hydrogen-bond acceptors (Lipinski definition) is 4. The molecule has 1 atom stereocenters. The lowest BCUT2D eigenvalue weighted by Crippen LogP contribution is -2.32. The molecule has 0 radical (unpaired) electrons. The van der Waals surface area contributed by atoms with E-state index in [1.165, 1.54) is 0 Å². The Morgan fingerprint density at radius 1 is 1.32 bits per heavy atom. The summed E-state index contributed by atoms with van der Waals surface area (Å²) in [5.74, 6) is 0.683. The van der Waals surface area contributed by atoms with Crippen LogP contribution in [0.2, 0.25) is 0 Å². The molecule has 5 heteroatoms. The van der Waals surface area contributed by atoms with Gasteiger partial charge in [-0.3, -0.25) is 4.79 Å². The number of benzene rings is 1. The van der Waals surface area contributed by atoms with Crippen molar-refractivity contribution in [3.8, 4) is 11.5 Å². The first kappa shape index (κ1) is 15.3. The maximum atomic E-state index is 10.9. The van der Waals surface area contributed by atoms with Crippen molar-refractivity contribution in [2.24, 2.45) is 0 Å². The average Bonchev–Trinajstić information content (AvgIpc) is 2.37. The van der Waals surface area contributed by atoms with Crippen molar-refractivity contribution >= 4 is 5.97 Å². The molecule has 1 N–H and O–H groups in total. The van der Waals surface area contributed by atoms with Gasteiger partial charge in [-0.05, 0) is 44.3 Å². The maximum Gasteiger partial charge on any atom is 0.304 e. The van der Waals surface area contributed by atoms with Gasteiger partial charge in [0.25, 0.3) is 0 Å². The Morgan fingerprint density at radius 3 is 2.47 bits per heavy atom. The Bertz CT molecular complexity index is 431. The summed E-state index contributed by atoms with van der Waals surface area (Å²) in [6.45, 7) is 0. The number of carboxylic acid groups (broad SMARTS) is 1. The normalized spacial score (nSPS) is 12.3. The van der Waals surface area contributed by atoms with Gasteiger partial charge in [0.15, 0.2) is 0 Å². The molecule has 1 aromatic rings. The van der Waals surface area contributed by atoms with Gasteiger partial charge in [0, 0.05) is 6.04 Å². The predicted molar refractivity (Wildman–Crippen MR) is 73.0 cm³/mol. The first-order chi connectivity index (χ1) is 8.97. The quantitative estimate of drug-likeness (QED) is 0.814.